The third-order valence-corrected chi connectivity index (χ3v) is 5.54. The van der Waals surface area contributed by atoms with Crippen molar-refractivity contribution in [2.24, 2.45) is 0 Å². The monoisotopic (exact) mass is 413 g/mol. The fourth-order valence-electron chi connectivity index (χ4n) is 3.71. The van der Waals surface area contributed by atoms with Gasteiger partial charge in [-0.2, -0.15) is 0 Å². The molecule has 0 saturated heterocycles. The lowest BCUT2D eigenvalue weighted by molar-refractivity contribution is 0.0697. The highest BCUT2D eigenvalue weighted by Crippen LogP contribution is 2.32. The Kier molecular flexibility index (Phi) is 7.59. The lowest BCUT2D eigenvalue weighted by Gasteiger charge is -2.27. The molecule has 1 heterocycles. The minimum Gasteiger partial charge on any atom is -0.487 e. The van der Waals surface area contributed by atoms with E-state index in [1.807, 2.05) is 24.3 Å². The zero-order chi connectivity index (χ0) is 20.6. The van der Waals surface area contributed by atoms with Crippen LogP contribution in [0.4, 0.5) is 5.69 Å². The van der Waals surface area contributed by atoms with Gasteiger partial charge < -0.3 is 14.7 Å². The first kappa shape index (κ1) is 21.3. The number of halogens is 1. The first-order chi connectivity index (χ1) is 14.1. The number of carbonyl (C=O) groups is 1. The van der Waals surface area contributed by atoms with Gasteiger partial charge in [-0.3, -0.25) is 0 Å². The van der Waals surface area contributed by atoms with Crippen LogP contribution in [-0.4, -0.2) is 24.2 Å². The molecule has 0 amide bonds. The van der Waals surface area contributed by atoms with Crippen LogP contribution in [0.15, 0.2) is 49.1 Å². The Balaban J connectivity index is 1.91. The molecule has 0 aliphatic carbocycles. The van der Waals surface area contributed by atoms with E-state index in [4.69, 9.17) is 16.3 Å². The maximum absolute atomic E-state index is 11.5. The summed E-state index contributed by atoms with van der Waals surface area (Å²) in [5, 5.41) is 10.2. The van der Waals surface area contributed by atoms with Gasteiger partial charge in [0.05, 0.1) is 11.3 Å². The first-order valence-corrected chi connectivity index (χ1v) is 10.6. The highest BCUT2D eigenvalue weighted by molar-refractivity contribution is 6.30. The van der Waals surface area contributed by atoms with Gasteiger partial charge in [0.2, 0.25) is 0 Å². The summed E-state index contributed by atoms with van der Waals surface area (Å²) in [6.07, 6.45) is 8.05. The van der Waals surface area contributed by atoms with Crippen LogP contribution in [0, 0.1) is 0 Å². The molecule has 154 valence electrons. The maximum atomic E-state index is 11.5. The van der Waals surface area contributed by atoms with Crippen molar-refractivity contribution in [2.75, 3.05) is 18.0 Å². The predicted octanol–water partition coefficient (Wildman–Crippen LogP) is 6.12. The van der Waals surface area contributed by atoms with E-state index in [0.717, 1.165) is 73.6 Å². The lowest BCUT2D eigenvalue weighted by Crippen LogP contribution is -2.26. The number of anilines is 1. The minimum atomic E-state index is -0.922. The minimum absolute atomic E-state index is 0.283. The summed E-state index contributed by atoms with van der Waals surface area (Å²) in [5.41, 5.74) is 3.49. The van der Waals surface area contributed by atoms with Crippen molar-refractivity contribution in [3.63, 3.8) is 0 Å². The highest BCUT2D eigenvalue weighted by Gasteiger charge is 2.17. The van der Waals surface area contributed by atoms with Crippen molar-refractivity contribution in [3.8, 4) is 5.75 Å². The molecule has 4 nitrogen and oxygen atoms in total. The standard InChI is InChI=1S/C24H28ClNO3/c1-2-3-4-6-13-26-14-7-5-8-18-15-21(25)11-9-20(18)17-29-23-12-10-19(24(27)28)16-22(23)26/h2,9-12,15-16H,1,3-8,13-14,17H2,(H,27,28). The van der Waals surface area contributed by atoms with Crippen molar-refractivity contribution < 1.29 is 14.6 Å². The summed E-state index contributed by atoms with van der Waals surface area (Å²) in [6, 6.07) is 11.1. The van der Waals surface area contributed by atoms with Gasteiger partial charge in [0.1, 0.15) is 12.4 Å². The number of allylic oxidation sites excluding steroid dienone is 1. The number of carboxylic acid groups (broad SMARTS) is 1. The van der Waals surface area contributed by atoms with Crippen LogP contribution in [0.25, 0.3) is 0 Å². The second-order valence-corrected chi connectivity index (χ2v) is 7.85. The highest BCUT2D eigenvalue weighted by atomic mass is 35.5. The van der Waals surface area contributed by atoms with Crippen molar-refractivity contribution >= 4 is 23.3 Å². The number of ether oxygens (including phenoxy) is 1. The van der Waals surface area contributed by atoms with E-state index < -0.39 is 5.97 Å². The van der Waals surface area contributed by atoms with Gasteiger partial charge in [-0.25, -0.2) is 4.79 Å². The molecule has 29 heavy (non-hydrogen) atoms. The fraction of sp³-hybridized carbons (Fsp3) is 0.375. The summed E-state index contributed by atoms with van der Waals surface area (Å²) >= 11 is 6.20. The number of rotatable bonds is 6. The van der Waals surface area contributed by atoms with Crippen molar-refractivity contribution in [1.29, 1.82) is 0 Å². The van der Waals surface area contributed by atoms with Crippen LogP contribution in [0.3, 0.4) is 0 Å². The van der Waals surface area contributed by atoms with E-state index in [-0.39, 0.29) is 5.56 Å². The quantitative estimate of drug-likeness (QED) is 0.458. The molecule has 2 aromatic rings. The number of nitrogens with zero attached hydrogens (tertiary/aromatic N) is 1. The molecule has 1 aliphatic rings. The SMILES string of the molecule is C=CCCCCN1CCCCc2cc(Cl)ccc2COc2ccc(C(=O)O)cc21. The number of aryl methyl sites for hydroxylation is 1. The Morgan fingerprint density at radius 1 is 1.17 bits per heavy atom. The molecule has 1 aliphatic heterocycles. The van der Waals surface area contributed by atoms with Crippen LogP contribution in [-0.2, 0) is 13.0 Å². The number of carboxylic acids is 1. The average Bonchev–Trinajstić information content (AvgIpc) is 2.74. The van der Waals surface area contributed by atoms with E-state index in [2.05, 4.69) is 11.5 Å². The third-order valence-electron chi connectivity index (χ3n) is 5.31. The molecular formula is C24H28ClNO3. The maximum Gasteiger partial charge on any atom is 0.335 e. The van der Waals surface area contributed by atoms with Crippen molar-refractivity contribution in [2.45, 2.75) is 45.1 Å². The van der Waals surface area contributed by atoms with E-state index in [0.29, 0.717) is 6.61 Å². The van der Waals surface area contributed by atoms with Crippen LogP contribution < -0.4 is 9.64 Å². The number of unbranched alkanes of at least 4 members (excludes halogenated alkanes) is 2. The van der Waals surface area contributed by atoms with Crippen LogP contribution in [0.2, 0.25) is 5.02 Å². The molecule has 3 rings (SSSR count). The molecule has 0 atom stereocenters. The number of hydrogen-bond donors (Lipinski definition) is 1. The normalized spacial score (nSPS) is 14.2. The number of fused-ring (bicyclic) bond motifs is 2. The fourth-order valence-corrected chi connectivity index (χ4v) is 3.90. The smallest absolute Gasteiger partial charge is 0.335 e. The van der Waals surface area contributed by atoms with E-state index >= 15 is 0 Å². The second kappa shape index (κ2) is 10.4. The molecule has 2 aromatic carbocycles. The van der Waals surface area contributed by atoms with E-state index in [9.17, 15) is 9.90 Å². The second-order valence-electron chi connectivity index (χ2n) is 7.42. The van der Waals surface area contributed by atoms with Gasteiger partial charge in [-0.1, -0.05) is 23.7 Å². The van der Waals surface area contributed by atoms with Gasteiger partial charge in [-0.05, 0) is 80.0 Å². The molecule has 1 N–H and O–H groups in total. The van der Waals surface area contributed by atoms with Crippen LogP contribution in [0.5, 0.6) is 5.75 Å². The zero-order valence-corrected chi connectivity index (χ0v) is 17.5. The van der Waals surface area contributed by atoms with Crippen molar-refractivity contribution in [3.05, 3.63) is 70.8 Å². The molecule has 0 bridgehead atoms. The Bertz CT molecular complexity index is 865. The summed E-state index contributed by atoms with van der Waals surface area (Å²) in [4.78, 5) is 13.8. The molecule has 0 unspecified atom stereocenters. The molecule has 0 fully saturated rings. The topological polar surface area (TPSA) is 49.8 Å². The number of aromatic carboxylic acids is 1. The van der Waals surface area contributed by atoms with Crippen LogP contribution >= 0.6 is 11.6 Å². The molecule has 0 saturated carbocycles. The van der Waals surface area contributed by atoms with Gasteiger partial charge in [0.25, 0.3) is 0 Å². The largest absolute Gasteiger partial charge is 0.487 e. The zero-order valence-electron chi connectivity index (χ0n) is 16.7. The molecule has 0 spiro atoms. The first-order valence-electron chi connectivity index (χ1n) is 10.2. The Morgan fingerprint density at radius 2 is 2.03 bits per heavy atom. The molecule has 5 heteroatoms. The Labute approximate surface area is 177 Å². The molecule has 0 aromatic heterocycles. The summed E-state index contributed by atoms with van der Waals surface area (Å²) in [5.74, 6) is -0.199. The van der Waals surface area contributed by atoms with Crippen molar-refractivity contribution in [1.82, 2.24) is 0 Å². The number of benzene rings is 2. The predicted molar refractivity (Wildman–Crippen MR) is 118 cm³/mol. The average molecular weight is 414 g/mol. The van der Waals surface area contributed by atoms with Gasteiger partial charge in [-0.15, -0.1) is 6.58 Å². The lowest BCUT2D eigenvalue weighted by atomic mass is 10.0. The van der Waals surface area contributed by atoms with Gasteiger partial charge in [0.15, 0.2) is 0 Å². The Morgan fingerprint density at radius 3 is 2.83 bits per heavy atom. The molecular weight excluding hydrogens is 386 g/mol. The van der Waals surface area contributed by atoms with E-state index in [1.54, 1.807) is 18.2 Å². The summed E-state index contributed by atoms with van der Waals surface area (Å²) in [7, 11) is 0. The summed E-state index contributed by atoms with van der Waals surface area (Å²) < 4.78 is 6.18. The van der Waals surface area contributed by atoms with Crippen LogP contribution in [0.1, 0.15) is 53.6 Å². The van der Waals surface area contributed by atoms with Gasteiger partial charge in [0, 0.05) is 18.1 Å². The Hall–Kier alpha value is -2.46. The number of hydrogen-bond acceptors (Lipinski definition) is 3. The van der Waals surface area contributed by atoms with Gasteiger partial charge >= 0.3 is 5.97 Å². The van der Waals surface area contributed by atoms with E-state index in [1.165, 1.54) is 5.56 Å². The third kappa shape index (κ3) is 5.77. The summed E-state index contributed by atoms with van der Waals surface area (Å²) in [6.45, 7) is 5.96. The molecule has 0 radical (unpaired) electrons.